The van der Waals surface area contributed by atoms with Gasteiger partial charge in [-0.2, -0.15) is 0 Å². The first-order valence-electron chi connectivity index (χ1n) is 11.6. The Morgan fingerprint density at radius 3 is 2.59 bits per heavy atom. The summed E-state index contributed by atoms with van der Waals surface area (Å²) in [6.45, 7) is 1.79. The quantitative estimate of drug-likeness (QED) is 0.320. The first kappa shape index (κ1) is 23.5. The minimum Gasteiger partial charge on any atom is -0.496 e. The van der Waals surface area contributed by atoms with E-state index in [4.69, 9.17) is 18.6 Å². The molecule has 0 aliphatic heterocycles. The van der Waals surface area contributed by atoms with Gasteiger partial charge in [-0.3, -0.25) is 9.59 Å². The number of methoxy groups -OCH3 is 1. The van der Waals surface area contributed by atoms with Gasteiger partial charge in [0.1, 0.15) is 17.1 Å². The Bertz CT molecular complexity index is 1250. The summed E-state index contributed by atoms with van der Waals surface area (Å²) in [5.41, 5.74) is 0.205. The van der Waals surface area contributed by atoms with E-state index in [1.54, 1.807) is 37.3 Å². The average Bonchev–Trinajstić information content (AvgIpc) is 3.36. The van der Waals surface area contributed by atoms with Gasteiger partial charge in [-0.1, -0.05) is 43.9 Å². The standard InChI is InChI=1S/C27H28O7/c1-3-32-27(30)26-24(19-10-6-7-11-21(19)31-2)25(29)20-14-13-18(16-22(20)34-26)33-23(28)15-12-17-8-4-5-9-17/h6-7,10-11,13-14,16-17H,3-5,8-9,12,15H2,1-2H3. The first-order valence-corrected chi connectivity index (χ1v) is 11.6. The predicted octanol–water partition coefficient (Wildman–Crippen LogP) is 5.52. The number of carbonyl (C=O) groups excluding carboxylic acids is 2. The van der Waals surface area contributed by atoms with E-state index >= 15 is 0 Å². The molecule has 7 heteroatoms. The van der Waals surface area contributed by atoms with Gasteiger partial charge in [-0.25, -0.2) is 4.79 Å². The molecular weight excluding hydrogens is 436 g/mol. The van der Waals surface area contributed by atoms with Crippen LogP contribution in [-0.2, 0) is 9.53 Å². The maximum absolute atomic E-state index is 13.5. The summed E-state index contributed by atoms with van der Waals surface area (Å²) in [7, 11) is 1.48. The van der Waals surface area contributed by atoms with Gasteiger partial charge in [-0.05, 0) is 37.5 Å². The molecule has 178 valence electrons. The number of ether oxygens (including phenoxy) is 3. The molecule has 1 heterocycles. The maximum atomic E-state index is 13.5. The Morgan fingerprint density at radius 2 is 1.85 bits per heavy atom. The van der Waals surface area contributed by atoms with E-state index in [1.807, 2.05) is 0 Å². The number of rotatable bonds is 8. The summed E-state index contributed by atoms with van der Waals surface area (Å²) in [5.74, 6) is -0.0538. The van der Waals surface area contributed by atoms with Crippen molar-refractivity contribution < 1.29 is 28.2 Å². The lowest BCUT2D eigenvalue weighted by Crippen LogP contribution is -2.15. The van der Waals surface area contributed by atoms with E-state index in [1.165, 1.54) is 44.9 Å². The van der Waals surface area contributed by atoms with Gasteiger partial charge in [0.05, 0.1) is 24.7 Å². The van der Waals surface area contributed by atoms with Crippen molar-refractivity contribution in [1.82, 2.24) is 0 Å². The molecule has 2 aromatic carbocycles. The maximum Gasteiger partial charge on any atom is 0.375 e. The number of fused-ring (bicyclic) bond motifs is 1. The summed E-state index contributed by atoms with van der Waals surface area (Å²) in [5, 5.41) is 0.250. The zero-order valence-electron chi connectivity index (χ0n) is 19.4. The Morgan fingerprint density at radius 1 is 1.09 bits per heavy atom. The number of carbonyl (C=O) groups is 2. The largest absolute Gasteiger partial charge is 0.496 e. The number of benzene rings is 2. The molecule has 34 heavy (non-hydrogen) atoms. The van der Waals surface area contributed by atoms with E-state index in [2.05, 4.69) is 0 Å². The molecule has 1 fully saturated rings. The molecule has 0 unspecified atom stereocenters. The molecule has 0 N–H and O–H groups in total. The lowest BCUT2D eigenvalue weighted by atomic mass is 10.0. The van der Waals surface area contributed by atoms with Crippen LogP contribution in [0.25, 0.3) is 22.1 Å². The predicted molar refractivity (Wildman–Crippen MR) is 127 cm³/mol. The minimum absolute atomic E-state index is 0.0599. The van der Waals surface area contributed by atoms with Crippen LogP contribution in [0.15, 0.2) is 51.7 Å². The van der Waals surface area contributed by atoms with Crippen LogP contribution in [0.2, 0.25) is 0 Å². The highest BCUT2D eigenvalue weighted by Crippen LogP contribution is 2.33. The van der Waals surface area contributed by atoms with E-state index in [0.717, 1.165) is 6.42 Å². The fourth-order valence-electron chi connectivity index (χ4n) is 4.48. The number of esters is 2. The van der Waals surface area contributed by atoms with Crippen LogP contribution in [0.3, 0.4) is 0 Å². The second-order valence-corrected chi connectivity index (χ2v) is 8.38. The molecule has 3 aromatic rings. The Labute approximate surface area is 197 Å². The SMILES string of the molecule is CCOC(=O)c1oc2cc(OC(=O)CCC3CCCC3)ccc2c(=O)c1-c1ccccc1OC. The van der Waals surface area contributed by atoms with E-state index < -0.39 is 11.4 Å². The molecule has 0 bridgehead atoms. The molecule has 1 aromatic heterocycles. The molecule has 0 spiro atoms. The normalized spacial score (nSPS) is 13.7. The van der Waals surface area contributed by atoms with Gasteiger partial charge >= 0.3 is 11.9 Å². The third-order valence-corrected chi connectivity index (χ3v) is 6.16. The molecule has 0 amide bonds. The zero-order chi connectivity index (χ0) is 24.1. The summed E-state index contributed by atoms with van der Waals surface area (Å²) < 4.78 is 21.9. The van der Waals surface area contributed by atoms with Crippen LogP contribution in [0.1, 0.15) is 56.0 Å². The van der Waals surface area contributed by atoms with Crippen LogP contribution in [-0.4, -0.2) is 25.7 Å². The third-order valence-electron chi connectivity index (χ3n) is 6.16. The van der Waals surface area contributed by atoms with Crippen molar-refractivity contribution in [3.8, 4) is 22.6 Å². The topological polar surface area (TPSA) is 92.0 Å². The molecular formula is C27H28O7. The van der Waals surface area contributed by atoms with Crippen LogP contribution in [0.4, 0.5) is 0 Å². The van der Waals surface area contributed by atoms with Crippen molar-refractivity contribution in [3.63, 3.8) is 0 Å². The number of para-hydroxylation sites is 1. The molecule has 0 saturated heterocycles. The van der Waals surface area contributed by atoms with Crippen LogP contribution in [0, 0.1) is 5.92 Å². The summed E-state index contributed by atoms with van der Waals surface area (Å²) >= 11 is 0. The van der Waals surface area contributed by atoms with Crippen LogP contribution < -0.4 is 14.9 Å². The highest BCUT2D eigenvalue weighted by atomic mass is 16.5. The summed E-state index contributed by atoms with van der Waals surface area (Å²) in [6.07, 6.45) is 5.94. The van der Waals surface area contributed by atoms with Gasteiger partial charge in [0.25, 0.3) is 0 Å². The molecule has 7 nitrogen and oxygen atoms in total. The average molecular weight is 465 g/mol. The van der Waals surface area contributed by atoms with E-state index in [9.17, 15) is 14.4 Å². The van der Waals surface area contributed by atoms with Crippen molar-refractivity contribution in [2.24, 2.45) is 5.92 Å². The highest BCUT2D eigenvalue weighted by molar-refractivity contribution is 5.98. The number of hydrogen-bond acceptors (Lipinski definition) is 7. The lowest BCUT2D eigenvalue weighted by molar-refractivity contribution is -0.134. The van der Waals surface area contributed by atoms with Gasteiger partial charge in [0, 0.05) is 18.1 Å². The smallest absolute Gasteiger partial charge is 0.375 e. The van der Waals surface area contributed by atoms with E-state index in [0.29, 0.717) is 23.7 Å². The molecule has 1 aliphatic carbocycles. The van der Waals surface area contributed by atoms with Crippen molar-refractivity contribution in [2.75, 3.05) is 13.7 Å². The van der Waals surface area contributed by atoms with Crippen molar-refractivity contribution >= 4 is 22.9 Å². The molecule has 4 rings (SSSR count). The Kier molecular flexibility index (Phi) is 7.30. The van der Waals surface area contributed by atoms with Crippen molar-refractivity contribution in [1.29, 1.82) is 0 Å². The minimum atomic E-state index is -0.763. The first-order chi connectivity index (χ1) is 16.5. The Hall–Kier alpha value is -3.61. The Balaban J connectivity index is 1.70. The zero-order valence-corrected chi connectivity index (χ0v) is 19.4. The summed E-state index contributed by atoms with van der Waals surface area (Å²) in [4.78, 5) is 38.5. The molecule has 1 aliphatic rings. The van der Waals surface area contributed by atoms with Gasteiger partial charge in [0.15, 0.2) is 0 Å². The van der Waals surface area contributed by atoms with Gasteiger partial charge in [0.2, 0.25) is 11.2 Å². The van der Waals surface area contributed by atoms with Crippen LogP contribution >= 0.6 is 0 Å². The third kappa shape index (κ3) is 4.98. The fraction of sp³-hybridized carbons (Fsp3) is 0.370. The van der Waals surface area contributed by atoms with E-state index in [-0.39, 0.29) is 40.6 Å². The second kappa shape index (κ2) is 10.5. The lowest BCUT2D eigenvalue weighted by Gasteiger charge is -2.13. The highest BCUT2D eigenvalue weighted by Gasteiger charge is 2.25. The van der Waals surface area contributed by atoms with Crippen LogP contribution in [0.5, 0.6) is 11.5 Å². The van der Waals surface area contributed by atoms with Gasteiger partial charge in [-0.15, -0.1) is 0 Å². The summed E-state index contributed by atoms with van der Waals surface area (Å²) in [6, 6.07) is 11.4. The molecule has 0 atom stereocenters. The molecule has 1 saturated carbocycles. The number of hydrogen-bond donors (Lipinski definition) is 0. The molecule has 0 radical (unpaired) electrons. The van der Waals surface area contributed by atoms with Gasteiger partial charge < -0.3 is 18.6 Å². The fourth-order valence-corrected chi connectivity index (χ4v) is 4.48. The van der Waals surface area contributed by atoms with Crippen molar-refractivity contribution in [3.05, 3.63) is 58.4 Å². The monoisotopic (exact) mass is 464 g/mol. The van der Waals surface area contributed by atoms with Crippen molar-refractivity contribution in [2.45, 2.75) is 45.4 Å². The second-order valence-electron chi connectivity index (χ2n) is 8.38.